The van der Waals surface area contributed by atoms with Crippen molar-refractivity contribution in [1.29, 1.82) is 0 Å². The van der Waals surface area contributed by atoms with Crippen molar-refractivity contribution in [1.82, 2.24) is 19.7 Å². The SMILES string of the molecule is Cc1cc(C)n(C2CCCCC2)c(=O)c1-c1nc(=S)[nH][nH]1. The van der Waals surface area contributed by atoms with Gasteiger partial charge in [-0.1, -0.05) is 19.3 Å². The molecular weight excluding hydrogens is 284 g/mol. The third kappa shape index (κ3) is 2.60. The number of rotatable bonds is 2. The fraction of sp³-hybridized carbons (Fsp3) is 0.533. The first kappa shape index (κ1) is 14.3. The average molecular weight is 304 g/mol. The van der Waals surface area contributed by atoms with E-state index in [0.717, 1.165) is 24.1 Å². The van der Waals surface area contributed by atoms with Crippen molar-refractivity contribution in [3.8, 4) is 11.4 Å². The number of aryl methyl sites for hydroxylation is 2. The Bertz CT molecular complexity index is 765. The van der Waals surface area contributed by atoms with Crippen LogP contribution < -0.4 is 5.56 Å². The van der Waals surface area contributed by atoms with E-state index in [-0.39, 0.29) is 5.56 Å². The Hall–Kier alpha value is -1.69. The number of pyridine rings is 1. The number of nitrogens with zero attached hydrogens (tertiary/aromatic N) is 2. The van der Waals surface area contributed by atoms with Crippen molar-refractivity contribution in [2.24, 2.45) is 0 Å². The summed E-state index contributed by atoms with van der Waals surface area (Å²) in [5.74, 6) is 0.534. The molecule has 5 nitrogen and oxygen atoms in total. The van der Waals surface area contributed by atoms with Gasteiger partial charge in [0.05, 0.1) is 5.56 Å². The quantitative estimate of drug-likeness (QED) is 0.835. The summed E-state index contributed by atoms with van der Waals surface area (Å²) in [6, 6.07) is 2.38. The van der Waals surface area contributed by atoms with E-state index in [0.29, 0.717) is 22.2 Å². The molecule has 2 heterocycles. The molecule has 112 valence electrons. The fourth-order valence-corrected chi connectivity index (χ4v) is 3.52. The largest absolute Gasteiger partial charge is 0.309 e. The van der Waals surface area contributed by atoms with Gasteiger partial charge in [-0.05, 0) is 50.5 Å². The van der Waals surface area contributed by atoms with Gasteiger partial charge in [-0.3, -0.25) is 15.0 Å². The zero-order valence-electron chi connectivity index (χ0n) is 12.4. The maximum atomic E-state index is 13.0. The lowest BCUT2D eigenvalue weighted by molar-refractivity contribution is 0.342. The predicted molar refractivity (Wildman–Crippen MR) is 85.1 cm³/mol. The Balaban J connectivity index is 2.17. The van der Waals surface area contributed by atoms with Crippen LogP contribution in [-0.4, -0.2) is 19.7 Å². The monoisotopic (exact) mass is 304 g/mol. The molecule has 0 saturated heterocycles. The minimum Gasteiger partial charge on any atom is -0.309 e. The summed E-state index contributed by atoms with van der Waals surface area (Å²) in [4.78, 5) is 17.2. The first-order chi connectivity index (χ1) is 10.1. The van der Waals surface area contributed by atoms with Crippen molar-refractivity contribution in [3.05, 3.63) is 32.4 Å². The van der Waals surface area contributed by atoms with E-state index in [9.17, 15) is 4.79 Å². The third-order valence-corrected chi connectivity index (χ3v) is 4.50. The Kier molecular flexibility index (Phi) is 3.80. The van der Waals surface area contributed by atoms with Crippen LogP contribution in [0, 0.1) is 18.6 Å². The van der Waals surface area contributed by atoms with E-state index < -0.39 is 0 Å². The van der Waals surface area contributed by atoms with Gasteiger partial charge in [-0.25, -0.2) is 0 Å². The average Bonchev–Trinajstić information content (AvgIpc) is 2.85. The van der Waals surface area contributed by atoms with Gasteiger partial charge >= 0.3 is 0 Å². The highest BCUT2D eigenvalue weighted by Gasteiger charge is 2.21. The normalized spacial score (nSPS) is 16.3. The van der Waals surface area contributed by atoms with Crippen LogP contribution in [-0.2, 0) is 0 Å². The predicted octanol–water partition coefficient (Wildman–Crippen LogP) is 3.42. The number of aromatic amines is 2. The van der Waals surface area contributed by atoms with Crippen LogP contribution in [0.5, 0.6) is 0 Å². The summed E-state index contributed by atoms with van der Waals surface area (Å²) in [7, 11) is 0. The smallest absolute Gasteiger partial charge is 0.262 e. The Morgan fingerprint density at radius 3 is 2.57 bits per heavy atom. The van der Waals surface area contributed by atoms with Crippen LogP contribution in [0.15, 0.2) is 10.9 Å². The zero-order chi connectivity index (χ0) is 15.0. The molecule has 2 aromatic heterocycles. The molecule has 2 N–H and O–H groups in total. The highest BCUT2D eigenvalue weighted by Crippen LogP contribution is 2.29. The first-order valence-corrected chi connectivity index (χ1v) is 7.86. The number of hydrogen-bond acceptors (Lipinski definition) is 3. The number of aromatic nitrogens is 4. The minimum atomic E-state index is 0.0390. The number of nitrogens with one attached hydrogen (secondary N) is 2. The topological polar surface area (TPSA) is 66.5 Å². The van der Waals surface area contributed by atoms with Crippen LogP contribution in [0.2, 0.25) is 0 Å². The lowest BCUT2D eigenvalue weighted by Crippen LogP contribution is -2.30. The highest BCUT2D eigenvalue weighted by molar-refractivity contribution is 7.71. The van der Waals surface area contributed by atoms with Gasteiger partial charge in [0, 0.05) is 11.7 Å². The van der Waals surface area contributed by atoms with Gasteiger partial charge in [0.15, 0.2) is 5.82 Å². The second-order valence-electron chi connectivity index (χ2n) is 5.83. The van der Waals surface area contributed by atoms with Crippen molar-refractivity contribution < 1.29 is 0 Å². The molecule has 1 aliphatic carbocycles. The molecule has 0 aliphatic heterocycles. The summed E-state index contributed by atoms with van der Waals surface area (Å²) in [6.45, 7) is 3.96. The summed E-state index contributed by atoms with van der Waals surface area (Å²) in [6.07, 6.45) is 5.84. The summed E-state index contributed by atoms with van der Waals surface area (Å²) in [5, 5.41) is 5.67. The van der Waals surface area contributed by atoms with Crippen molar-refractivity contribution >= 4 is 12.2 Å². The summed E-state index contributed by atoms with van der Waals surface area (Å²) < 4.78 is 2.32. The third-order valence-electron chi connectivity index (χ3n) is 4.31. The molecule has 21 heavy (non-hydrogen) atoms. The molecule has 2 aromatic rings. The molecular formula is C15H20N4OS. The molecule has 0 amide bonds. The Morgan fingerprint density at radius 2 is 1.95 bits per heavy atom. The fourth-order valence-electron chi connectivity index (χ4n) is 3.37. The van der Waals surface area contributed by atoms with Gasteiger partial charge in [0.1, 0.15) is 0 Å². The van der Waals surface area contributed by atoms with E-state index in [4.69, 9.17) is 12.2 Å². The van der Waals surface area contributed by atoms with Gasteiger partial charge < -0.3 is 4.57 Å². The van der Waals surface area contributed by atoms with E-state index in [1.54, 1.807) is 0 Å². The molecule has 0 radical (unpaired) electrons. The van der Waals surface area contributed by atoms with Crippen LogP contribution >= 0.6 is 12.2 Å². The van der Waals surface area contributed by atoms with Crippen LogP contribution in [0.4, 0.5) is 0 Å². The molecule has 6 heteroatoms. The molecule has 0 aromatic carbocycles. The van der Waals surface area contributed by atoms with Crippen molar-refractivity contribution in [3.63, 3.8) is 0 Å². The second kappa shape index (κ2) is 5.60. The molecule has 1 saturated carbocycles. The lowest BCUT2D eigenvalue weighted by atomic mass is 9.94. The second-order valence-corrected chi connectivity index (χ2v) is 6.21. The zero-order valence-corrected chi connectivity index (χ0v) is 13.2. The van der Waals surface area contributed by atoms with E-state index in [2.05, 4.69) is 21.2 Å². The molecule has 0 unspecified atom stereocenters. The Labute approximate surface area is 128 Å². The van der Waals surface area contributed by atoms with E-state index in [1.807, 2.05) is 18.4 Å². The molecule has 1 aliphatic rings. The summed E-state index contributed by atoms with van der Waals surface area (Å²) >= 11 is 5.00. The highest BCUT2D eigenvalue weighted by atomic mass is 32.1. The molecule has 0 bridgehead atoms. The van der Waals surface area contributed by atoms with Crippen LogP contribution in [0.3, 0.4) is 0 Å². The minimum absolute atomic E-state index is 0.0390. The van der Waals surface area contributed by atoms with Gasteiger partial charge in [0.25, 0.3) is 5.56 Å². The van der Waals surface area contributed by atoms with Crippen molar-refractivity contribution in [2.75, 3.05) is 0 Å². The van der Waals surface area contributed by atoms with Gasteiger partial charge in [0.2, 0.25) is 4.77 Å². The molecule has 1 fully saturated rings. The number of H-pyrrole nitrogens is 2. The Morgan fingerprint density at radius 1 is 1.24 bits per heavy atom. The van der Waals surface area contributed by atoms with Crippen LogP contribution in [0.1, 0.15) is 49.4 Å². The maximum Gasteiger partial charge on any atom is 0.262 e. The standard InChI is InChI=1S/C15H20N4OS/c1-9-8-10(2)19(11-6-4-3-5-7-11)14(20)12(9)13-16-15(21)18-17-13/h8,11H,3-7H2,1-2H3,(H2,16,17,18,21). The van der Waals surface area contributed by atoms with E-state index in [1.165, 1.54) is 19.3 Å². The maximum absolute atomic E-state index is 13.0. The van der Waals surface area contributed by atoms with Gasteiger partial charge in [-0.15, -0.1) is 0 Å². The molecule has 0 spiro atoms. The lowest BCUT2D eigenvalue weighted by Gasteiger charge is -2.26. The first-order valence-electron chi connectivity index (χ1n) is 7.45. The summed E-state index contributed by atoms with van der Waals surface area (Å²) in [5.41, 5.74) is 2.63. The van der Waals surface area contributed by atoms with Gasteiger partial charge in [-0.2, -0.15) is 4.98 Å². The number of hydrogen-bond donors (Lipinski definition) is 2. The molecule has 0 atom stereocenters. The van der Waals surface area contributed by atoms with Crippen molar-refractivity contribution in [2.45, 2.75) is 52.0 Å². The molecule has 3 rings (SSSR count). The van der Waals surface area contributed by atoms with E-state index >= 15 is 0 Å². The van der Waals surface area contributed by atoms with Crippen LogP contribution in [0.25, 0.3) is 11.4 Å².